The molecule has 10 heavy (non-hydrogen) atoms. The van der Waals surface area contributed by atoms with Gasteiger partial charge in [0.05, 0.1) is 12.7 Å². The molecule has 2 rings (SSSR count). The number of hydrogen-bond acceptors (Lipinski definition) is 4. The summed E-state index contributed by atoms with van der Waals surface area (Å²) >= 11 is 0. The Morgan fingerprint density at radius 1 is 1.70 bits per heavy atom. The highest BCUT2D eigenvalue weighted by molar-refractivity contribution is 4.68. The fourth-order valence-electron chi connectivity index (χ4n) is 0.794. The van der Waals surface area contributed by atoms with Crippen molar-refractivity contribution >= 4 is 0 Å². The molecule has 1 fully saturated rings. The number of rotatable bonds is 3. The molecule has 1 aromatic rings. The molecule has 0 radical (unpaired) electrons. The van der Waals surface area contributed by atoms with Crippen molar-refractivity contribution in [1.29, 1.82) is 0 Å². The van der Waals surface area contributed by atoms with Gasteiger partial charge in [-0.15, -0.1) is 5.10 Å². The second-order valence-corrected chi connectivity index (χ2v) is 2.32. The van der Waals surface area contributed by atoms with Crippen LogP contribution in [0.15, 0.2) is 6.33 Å². The van der Waals surface area contributed by atoms with Crippen molar-refractivity contribution in [2.24, 2.45) is 0 Å². The van der Waals surface area contributed by atoms with Crippen LogP contribution in [0.4, 0.5) is 0 Å². The smallest absolute Gasteiger partial charge is 0.138 e. The molecule has 5 nitrogen and oxygen atoms in total. The van der Waals surface area contributed by atoms with Crippen LogP contribution in [0, 0.1) is 0 Å². The van der Waals surface area contributed by atoms with E-state index in [0.29, 0.717) is 6.10 Å². The molecule has 0 spiro atoms. The third-order valence-corrected chi connectivity index (χ3v) is 1.47. The molecule has 0 bridgehead atoms. The van der Waals surface area contributed by atoms with E-state index in [2.05, 4.69) is 15.5 Å². The summed E-state index contributed by atoms with van der Waals surface area (Å²) in [6.45, 7) is 1.76. The Kier molecular flexibility index (Phi) is 1.35. The predicted octanol–water partition coefficient (Wildman–Crippen LogP) is -0.538. The highest BCUT2D eigenvalue weighted by Gasteiger charge is 2.21. The van der Waals surface area contributed by atoms with Gasteiger partial charge in [0.1, 0.15) is 6.33 Å². The van der Waals surface area contributed by atoms with E-state index in [1.807, 2.05) is 0 Å². The Labute approximate surface area is 58.0 Å². The van der Waals surface area contributed by atoms with Crippen LogP contribution in [-0.4, -0.2) is 32.9 Å². The van der Waals surface area contributed by atoms with Gasteiger partial charge in [-0.1, -0.05) is 0 Å². The van der Waals surface area contributed by atoms with Crippen LogP contribution < -0.4 is 0 Å². The van der Waals surface area contributed by atoms with E-state index in [1.165, 1.54) is 0 Å². The summed E-state index contributed by atoms with van der Waals surface area (Å²) in [6.07, 6.45) is 3.09. The highest BCUT2D eigenvalue weighted by Crippen LogP contribution is 2.13. The second kappa shape index (κ2) is 2.34. The van der Waals surface area contributed by atoms with Crippen LogP contribution in [-0.2, 0) is 11.3 Å². The monoisotopic (exact) mass is 140 g/mol. The molecule has 1 aliphatic rings. The summed E-state index contributed by atoms with van der Waals surface area (Å²) in [5.74, 6) is 0. The van der Waals surface area contributed by atoms with Crippen molar-refractivity contribution in [2.75, 3.05) is 6.61 Å². The van der Waals surface area contributed by atoms with Crippen molar-refractivity contribution < 1.29 is 4.74 Å². The van der Waals surface area contributed by atoms with Gasteiger partial charge in [0.15, 0.2) is 0 Å². The van der Waals surface area contributed by atoms with Crippen LogP contribution >= 0.6 is 0 Å². The van der Waals surface area contributed by atoms with E-state index in [-0.39, 0.29) is 0 Å². The molecule has 0 N–H and O–H groups in total. The molecule has 1 atom stereocenters. The first kappa shape index (κ1) is 5.79. The van der Waals surface area contributed by atoms with E-state index in [9.17, 15) is 0 Å². The zero-order chi connectivity index (χ0) is 6.81. The van der Waals surface area contributed by atoms with Crippen molar-refractivity contribution in [3.8, 4) is 0 Å². The molecule has 0 aliphatic carbocycles. The van der Waals surface area contributed by atoms with E-state index < -0.39 is 0 Å². The Morgan fingerprint density at radius 2 is 2.60 bits per heavy atom. The minimum Gasteiger partial charge on any atom is -0.373 e. The van der Waals surface area contributed by atoms with Crippen molar-refractivity contribution in [1.82, 2.24) is 20.2 Å². The number of tetrazole rings is 1. The van der Waals surface area contributed by atoms with E-state index in [0.717, 1.165) is 19.6 Å². The van der Waals surface area contributed by atoms with Crippen molar-refractivity contribution in [3.63, 3.8) is 0 Å². The average Bonchev–Trinajstić information content (AvgIpc) is 2.63. The van der Waals surface area contributed by atoms with Gasteiger partial charge in [-0.3, -0.25) is 0 Å². The molecular formula is C5H8N4O. The fraction of sp³-hybridized carbons (Fsp3) is 0.800. The van der Waals surface area contributed by atoms with E-state index >= 15 is 0 Å². The summed E-state index contributed by atoms with van der Waals surface area (Å²) < 4.78 is 6.73. The molecule has 2 heterocycles. The van der Waals surface area contributed by atoms with Crippen LogP contribution in [0.2, 0.25) is 0 Å². The van der Waals surface area contributed by atoms with E-state index in [4.69, 9.17) is 4.74 Å². The highest BCUT2D eigenvalue weighted by atomic mass is 16.6. The average molecular weight is 140 g/mol. The third kappa shape index (κ3) is 1.30. The number of aryl methyl sites for hydroxylation is 1. The largest absolute Gasteiger partial charge is 0.373 e. The first-order valence-corrected chi connectivity index (χ1v) is 3.27. The lowest BCUT2D eigenvalue weighted by molar-refractivity contribution is 0.378. The molecular weight excluding hydrogens is 132 g/mol. The Hall–Kier alpha value is -0.970. The minimum atomic E-state index is 0.462. The zero-order valence-electron chi connectivity index (χ0n) is 5.47. The first-order chi connectivity index (χ1) is 4.95. The zero-order valence-corrected chi connectivity index (χ0v) is 5.47. The van der Waals surface area contributed by atoms with Crippen LogP contribution in [0.25, 0.3) is 0 Å². The molecule has 5 heteroatoms. The molecule has 0 saturated carbocycles. The number of hydrogen-bond donors (Lipinski definition) is 0. The second-order valence-electron chi connectivity index (χ2n) is 2.32. The summed E-state index contributed by atoms with van der Waals surface area (Å²) in [5.41, 5.74) is 0. The van der Waals surface area contributed by atoms with Gasteiger partial charge in [0.2, 0.25) is 0 Å². The summed E-state index contributed by atoms with van der Waals surface area (Å²) in [4.78, 5) is 0. The molecule has 1 saturated heterocycles. The summed E-state index contributed by atoms with van der Waals surface area (Å²) in [7, 11) is 0. The molecule has 1 aliphatic heterocycles. The van der Waals surface area contributed by atoms with E-state index in [1.54, 1.807) is 11.0 Å². The van der Waals surface area contributed by atoms with Gasteiger partial charge in [-0.2, -0.15) is 0 Å². The fourth-order valence-corrected chi connectivity index (χ4v) is 0.794. The van der Waals surface area contributed by atoms with Gasteiger partial charge in [0, 0.05) is 6.54 Å². The maximum atomic E-state index is 5.02. The Balaban J connectivity index is 1.79. The third-order valence-electron chi connectivity index (χ3n) is 1.47. The minimum absolute atomic E-state index is 0.462. The van der Waals surface area contributed by atoms with Crippen LogP contribution in [0.3, 0.4) is 0 Å². The molecule has 0 aromatic carbocycles. The Morgan fingerprint density at radius 3 is 3.20 bits per heavy atom. The lowest BCUT2D eigenvalue weighted by atomic mass is 10.3. The lowest BCUT2D eigenvalue weighted by Crippen LogP contribution is -2.01. The van der Waals surface area contributed by atoms with Gasteiger partial charge < -0.3 is 4.74 Å². The normalized spacial score (nSPS) is 23.0. The molecule has 0 unspecified atom stereocenters. The van der Waals surface area contributed by atoms with Gasteiger partial charge in [-0.25, -0.2) is 4.68 Å². The maximum Gasteiger partial charge on any atom is 0.138 e. The number of nitrogens with zero attached hydrogens (tertiary/aromatic N) is 4. The summed E-state index contributed by atoms with van der Waals surface area (Å²) in [6, 6.07) is 0. The van der Waals surface area contributed by atoms with Gasteiger partial charge >= 0.3 is 0 Å². The number of ether oxygens (including phenoxy) is 1. The van der Waals surface area contributed by atoms with Crippen molar-refractivity contribution in [3.05, 3.63) is 6.33 Å². The molecule has 1 aromatic heterocycles. The topological polar surface area (TPSA) is 56.1 Å². The van der Waals surface area contributed by atoms with Gasteiger partial charge in [0.25, 0.3) is 0 Å². The maximum absolute atomic E-state index is 5.02. The van der Waals surface area contributed by atoms with Crippen molar-refractivity contribution in [2.45, 2.75) is 19.1 Å². The Bertz CT molecular complexity index is 193. The standard InChI is InChI=1S/C5H8N4O/c1(5-3-10-5)2-9-4-6-7-8-9/h4-5H,1-3H2/t5-/m0/s1. The quantitative estimate of drug-likeness (QED) is 0.529. The SMILES string of the molecule is c1nnnn1CC[C@H]1CO1. The molecule has 54 valence electrons. The predicted molar refractivity (Wildman–Crippen MR) is 32.2 cm³/mol. The summed E-state index contributed by atoms with van der Waals surface area (Å²) in [5, 5.41) is 10.7. The number of aromatic nitrogens is 4. The van der Waals surface area contributed by atoms with Crippen LogP contribution in [0.1, 0.15) is 6.42 Å². The first-order valence-electron chi connectivity index (χ1n) is 3.27. The number of epoxide rings is 1. The lowest BCUT2D eigenvalue weighted by Gasteiger charge is -1.92. The van der Waals surface area contributed by atoms with Gasteiger partial charge in [-0.05, 0) is 16.8 Å². The molecule has 0 amide bonds. The van der Waals surface area contributed by atoms with Crippen LogP contribution in [0.5, 0.6) is 0 Å².